The Morgan fingerprint density at radius 2 is 2.17 bits per heavy atom. The minimum absolute atomic E-state index is 0.0734. The predicted octanol–water partition coefficient (Wildman–Crippen LogP) is 2.60. The Morgan fingerprint density at radius 1 is 1.48 bits per heavy atom. The van der Waals surface area contributed by atoms with E-state index in [2.05, 4.69) is 26.1 Å². The van der Waals surface area contributed by atoms with Crippen molar-refractivity contribution in [1.29, 1.82) is 0 Å². The number of benzene rings is 1. The number of ether oxygens (including phenoxy) is 1. The first-order chi connectivity index (χ1) is 11.0. The molecule has 1 aliphatic heterocycles. The van der Waals surface area contributed by atoms with Crippen molar-refractivity contribution < 1.29 is 13.9 Å². The van der Waals surface area contributed by atoms with Crippen LogP contribution in [-0.2, 0) is 4.74 Å². The summed E-state index contributed by atoms with van der Waals surface area (Å²) in [5, 5.41) is 3.28. The summed E-state index contributed by atoms with van der Waals surface area (Å²) >= 11 is 3.25. The van der Waals surface area contributed by atoms with Crippen LogP contribution < -0.4 is 11.1 Å². The van der Waals surface area contributed by atoms with Crippen molar-refractivity contribution in [2.24, 2.45) is 5.73 Å². The number of carbonyl (C=O) groups is 1. The van der Waals surface area contributed by atoms with Gasteiger partial charge in [-0.25, -0.2) is 4.39 Å². The van der Waals surface area contributed by atoms with Gasteiger partial charge in [-0.1, -0.05) is 15.9 Å². The van der Waals surface area contributed by atoms with Crippen molar-refractivity contribution in [3.05, 3.63) is 28.0 Å². The number of methoxy groups -OCH3 is 1. The van der Waals surface area contributed by atoms with Gasteiger partial charge in [0, 0.05) is 43.9 Å². The van der Waals surface area contributed by atoms with Crippen LogP contribution in [0.3, 0.4) is 0 Å². The summed E-state index contributed by atoms with van der Waals surface area (Å²) < 4.78 is 19.6. The largest absolute Gasteiger partial charge is 0.385 e. The zero-order valence-corrected chi connectivity index (χ0v) is 14.9. The summed E-state index contributed by atoms with van der Waals surface area (Å²) in [4.78, 5) is 13.9. The molecule has 0 bridgehead atoms. The average molecular weight is 388 g/mol. The first-order valence-corrected chi connectivity index (χ1v) is 8.57. The van der Waals surface area contributed by atoms with E-state index in [1.165, 1.54) is 6.07 Å². The highest BCUT2D eigenvalue weighted by Gasteiger charge is 2.22. The monoisotopic (exact) mass is 387 g/mol. The second-order valence-electron chi connectivity index (χ2n) is 5.78. The number of primary amides is 1. The van der Waals surface area contributed by atoms with E-state index in [0.29, 0.717) is 10.2 Å². The average Bonchev–Trinajstić information content (AvgIpc) is 2.48. The molecule has 23 heavy (non-hydrogen) atoms. The van der Waals surface area contributed by atoms with E-state index in [0.717, 1.165) is 45.5 Å². The van der Waals surface area contributed by atoms with E-state index in [9.17, 15) is 9.18 Å². The lowest BCUT2D eigenvalue weighted by Gasteiger charge is -2.33. The molecule has 0 aliphatic carbocycles. The minimum atomic E-state index is -0.755. The van der Waals surface area contributed by atoms with E-state index in [-0.39, 0.29) is 11.6 Å². The summed E-state index contributed by atoms with van der Waals surface area (Å²) in [7, 11) is 1.71. The zero-order valence-electron chi connectivity index (χ0n) is 13.3. The molecule has 1 heterocycles. The number of piperidine rings is 1. The van der Waals surface area contributed by atoms with Gasteiger partial charge in [-0.2, -0.15) is 0 Å². The van der Waals surface area contributed by atoms with Crippen LogP contribution in [0.4, 0.5) is 10.1 Å². The lowest BCUT2D eigenvalue weighted by Crippen LogP contribution is -2.40. The highest BCUT2D eigenvalue weighted by Crippen LogP contribution is 2.27. The molecule has 1 amide bonds. The second-order valence-corrected chi connectivity index (χ2v) is 6.70. The number of rotatable bonds is 7. The Kier molecular flexibility index (Phi) is 6.80. The molecule has 0 atom stereocenters. The number of nitrogens with two attached hydrogens (primary N) is 1. The van der Waals surface area contributed by atoms with Crippen LogP contribution >= 0.6 is 15.9 Å². The van der Waals surface area contributed by atoms with Gasteiger partial charge < -0.3 is 20.7 Å². The molecule has 0 aromatic heterocycles. The number of halogens is 2. The van der Waals surface area contributed by atoms with Crippen LogP contribution in [0.1, 0.15) is 29.6 Å². The third-order valence-corrected chi connectivity index (χ3v) is 4.53. The normalized spacial score (nSPS) is 16.5. The summed E-state index contributed by atoms with van der Waals surface area (Å²) in [6.07, 6.45) is 2.91. The third-order valence-electron chi connectivity index (χ3n) is 4.07. The Balaban J connectivity index is 1.95. The molecule has 1 aliphatic rings. The molecule has 128 valence electrons. The SMILES string of the molecule is COCCCN1CCC(Nc2cc(Br)cc(F)c2C(N)=O)CC1. The van der Waals surface area contributed by atoms with Gasteiger partial charge in [0.25, 0.3) is 5.91 Å². The van der Waals surface area contributed by atoms with E-state index < -0.39 is 11.7 Å². The molecule has 1 saturated heterocycles. The van der Waals surface area contributed by atoms with Gasteiger partial charge in [0.05, 0.1) is 11.3 Å². The lowest BCUT2D eigenvalue weighted by molar-refractivity contribution is 0.0997. The Labute approximate surface area is 144 Å². The highest BCUT2D eigenvalue weighted by molar-refractivity contribution is 9.10. The number of amides is 1. The third kappa shape index (κ3) is 5.16. The van der Waals surface area contributed by atoms with Gasteiger partial charge in [0.2, 0.25) is 0 Å². The smallest absolute Gasteiger partial charge is 0.253 e. The molecule has 1 fully saturated rings. The highest BCUT2D eigenvalue weighted by atomic mass is 79.9. The predicted molar refractivity (Wildman–Crippen MR) is 92.2 cm³/mol. The standard InChI is InChI=1S/C16H23BrFN3O2/c1-23-8-2-5-21-6-3-12(4-7-21)20-14-10-11(17)9-13(18)15(14)16(19)22/h9-10,12,20H,2-8H2,1H3,(H2,19,22). The summed E-state index contributed by atoms with van der Waals surface area (Å²) in [6.45, 7) is 3.75. The maximum Gasteiger partial charge on any atom is 0.253 e. The number of carbonyl (C=O) groups excluding carboxylic acids is 1. The molecule has 7 heteroatoms. The summed E-state index contributed by atoms with van der Waals surface area (Å²) in [5.41, 5.74) is 5.69. The van der Waals surface area contributed by atoms with Crippen molar-refractivity contribution in [2.75, 3.05) is 38.7 Å². The molecule has 0 spiro atoms. The number of likely N-dealkylation sites (tertiary alicyclic amines) is 1. The lowest BCUT2D eigenvalue weighted by atomic mass is 10.0. The molecule has 3 N–H and O–H groups in total. The molecule has 5 nitrogen and oxygen atoms in total. The van der Waals surface area contributed by atoms with E-state index in [4.69, 9.17) is 10.5 Å². The van der Waals surface area contributed by atoms with Gasteiger partial charge in [-0.15, -0.1) is 0 Å². The van der Waals surface area contributed by atoms with Gasteiger partial charge >= 0.3 is 0 Å². The molecule has 1 aromatic rings. The molecule has 0 saturated carbocycles. The van der Waals surface area contributed by atoms with Crippen LogP contribution in [0.5, 0.6) is 0 Å². The zero-order chi connectivity index (χ0) is 16.8. The van der Waals surface area contributed by atoms with Crippen LogP contribution in [0.2, 0.25) is 0 Å². The van der Waals surface area contributed by atoms with Crippen LogP contribution in [-0.4, -0.2) is 50.2 Å². The first kappa shape index (κ1) is 18.2. The van der Waals surface area contributed by atoms with Crippen molar-refractivity contribution in [3.8, 4) is 0 Å². The van der Waals surface area contributed by atoms with Crippen molar-refractivity contribution in [3.63, 3.8) is 0 Å². The van der Waals surface area contributed by atoms with Crippen LogP contribution in [0.25, 0.3) is 0 Å². The van der Waals surface area contributed by atoms with E-state index >= 15 is 0 Å². The molecule has 2 rings (SSSR count). The Bertz CT molecular complexity index is 548. The maximum atomic E-state index is 14.0. The van der Waals surface area contributed by atoms with Gasteiger partial charge in [-0.05, 0) is 31.4 Å². The Morgan fingerprint density at radius 3 is 2.78 bits per heavy atom. The fourth-order valence-electron chi connectivity index (χ4n) is 2.89. The number of hydrogen-bond donors (Lipinski definition) is 2. The first-order valence-electron chi connectivity index (χ1n) is 7.78. The van der Waals surface area contributed by atoms with Crippen LogP contribution in [0.15, 0.2) is 16.6 Å². The number of nitrogens with one attached hydrogen (secondary N) is 1. The summed E-state index contributed by atoms with van der Waals surface area (Å²) in [5.74, 6) is -1.36. The molecular formula is C16H23BrFN3O2. The van der Waals surface area contributed by atoms with E-state index in [1.807, 2.05) is 0 Å². The maximum absolute atomic E-state index is 14.0. The molecule has 0 unspecified atom stereocenters. The van der Waals surface area contributed by atoms with Gasteiger partial charge in [0.15, 0.2) is 0 Å². The molecule has 0 radical (unpaired) electrons. The minimum Gasteiger partial charge on any atom is -0.385 e. The van der Waals surface area contributed by atoms with Gasteiger partial charge in [-0.3, -0.25) is 4.79 Å². The number of anilines is 1. The Hall–Kier alpha value is -1.18. The fraction of sp³-hybridized carbons (Fsp3) is 0.562. The van der Waals surface area contributed by atoms with Crippen LogP contribution in [0, 0.1) is 5.82 Å². The molecular weight excluding hydrogens is 365 g/mol. The fourth-order valence-corrected chi connectivity index (χ4v) is 3.32. The topological polar surface area (TPSA) is 67.6 Å². The van der Waals surface area contributed by atoms with Crippen molar-refractivity contribution in [2.45, 2.75) is 25.3 Å². The number of nitrogens with zero attached hydrogens (tertiary/aromatic N) is 1. The van der Waals surface area contributed by atoms with Crippen molar-refractivity contribution in [1.82, 2.24) is 4.90 Å². The summed E-state index contributed by atoms with van der Waals surface area (Å²) in [6, 6.07) is 3.16. The molecule has 1 aromatic carbocycles. The number of hydrogen-bond acceptors (Lipinski definition) is 4. The van der Waals surface area contributed by atoms with Crippen molar-refractivity contribution >= 4 is 27.5 Å². The quantitative estimate of drug-likeness (QED) is 0.705. The van der Waals surface area contributed by atoms with E-state index in [1.54, 1.807) is 13.2 Å². The van der Waals surface area contributed by atoms with Gasteiger partial charge in [0.1, 0.15) is 5.82 Å². The second kappa shape index (κ2) is 8.61.